The fourth-order valence-corrected chi connectivity index (χ4v) is 3.72. The number of nitrogens with one attached hydrogen (secondary N) is 1. The Kier molecular flexibility index (Phi) is 6.44. The zero-order valence-electron chi connectivity index (χ0n) is 17.3. The number of halogens is 1. The molecule has 166 valence electrons. The lowest BCUT2D eigenvalue weighted by Crippen LogP contribution is -2.44. The molecule has 1 atom stereocenters. The Morgan fingerprint density at radius 3 is 2.81 bits per heavy atom. The highest BCUT2D eigenvalue weighted by Crippen LogP contribution is 2.27. The molecule has 0 radical (unpaired) electrons. The van der Waals surface area contributed by atoms with E-state index in [9.17, 15) is 19.1 Å². The number of likely N-dealkylation sites (tertiary alicyclic amines) is 1. The van der Waals surface area contributed by atoms with Gasteiger partial charge in [-0.2, -0.15) is 0 Å². The lowest BCUT2D eigenvalue weighted by molar-refractivity contribution is -0.131. The van der Waals surface area contributed by atoms with E-state index in [1.807, 2.05) is 0 Å². The number of pyridine rings is 1. The van der Waals surface area contributed by atoms with E-state index in [0.29, 0.717) is 31.2 Å². The van der Waals surface area contributed by atoms with Crippen molar-refractivity contribution in [2.24, 2.45) is 0 Å². The average molecular weight is 438 g/mol. The lowest BCUT2D eigenvalue weighted by Gasteiger charge is -2.31. The zero-order valence-corrected chi connectivity index (χ0v) is 17.3. The molecule has 0 saturated carbocycles. The second kappa shape index (κ2) is 9.59. The van der Waals surface area contributed by atoms with Gasteiger partial charge in [-0.05, 0) is 36.6 Å². The molecule has 0 spiro atoms. The monoisotopic (exact) mass is 438 g/mol. The number of rotatable bonds is 6. The van der Waals surface area contributed by atoms with Crippen molar-refractivity contribution in [1.29, 1.82) is 0 Å². The topological polar surface area (TPSA) is 109 Å². The molecule has 0 bridgehead atoms. The van der Waals surface area contributed by atoms with Gasteiger partial charge in [0.25, 0.3) is 5.91 Å². The van der Waals surface area contributed by atoms with Crippen LogP contribution < -0.4 is 5.32 Å². The summed E-state index contributed by atoms with van der Waals surface area (Å²) in [6, 6.07) is 7.52. The molecular weight excluding hydrogens is 415 g/mol. The number of oxazole rings is 1. The summed E-state index contributed by atoms with van der Waals surface area (Å²) >= 11 is 0. The Labute approximate surface area is 184 Å². The first-order valence-electron chi connectivity index (χ1n) is 10.4. The molecule has 1 aliphatic rings. The van der Waals surface area contributed by atoms with Gasteiger partial charge in [0.15, 0.2) is 5.89 Å². The van der Waals surface area contributed by atoms with Gasteiger partial charge in [0.05, 0.1) is 30.4 Å². The van der Waals surface area contributed by atoms with Gasteiger partial charge >= 0.3 is 0 Å². The maximum Gasteiger partial charge on any atom is 0.253 e. The van der Waals surface area contributed by atoms with Crippen LogP contribution in [0.3, 0.4) is 0 Å². The largest absolute Gasteiger partial charge is 0.506 e. The first kappa shape index (κ1) is 21.5. The van der Waals surface area contributed by atoms with E-state index in [1.165, 1.54) is 30.6 Å². The number of hydrogen-bond donors (Lipinski definition) is 2. The number of aromatic nitrogens is 2. The second-order valence-electron chi connectivity index (χ2n) is 7.76. The fourth-order valence-electron chi connectivity index (χ4n) is 3.72. The van der Waals surface area contributed by atoms with Gasteiger partial charge < -0.3 is 19.7 Å². The molecule has 0 unspecified atom stereocenters. The molecule has 2 aromatic heterocycles. The molecule has 2 amide bonds. The first-order valence-corrected chi connectivity index (χ1v) is 10.4. The highest BCUT2D eigenvalue weighted by molar-refractivity contribution is 5.96. The third kappa shape index (κ3) is 5.29. The second-order valence-corrected chi connectivity index (χ2v) is 7.76. The van der Waals surface area contributed by atoms with E-state index in [4.69, 9.17) is 4.42 Å². The number of nitrogens with zero attached hydrogens (tertiary/aromatic N) is 3. The Morgan fingerprint density at radius 1 is 1.22 bits per heavy atom. The molecule has 3 heterocycles. The quantitative estimate of drug-likeness (QED) is 0.613. The zero-order chi connectivity index (χ0) is 22.5. The van der Waals surface area contributed by atoms with E-state index >= 15 is 0 Å². The minimum Gasteiger partial charge on any atom is -0.506 e. The van der Waals surface area contributed by atoms with Crippen LogP contribution in [0.5, 0.6) is 5.75 Å². The molecular formula is C23H23FN4O4. The molecule has 2 N–H and O–H groups in total. The van der Waals surface area contributed by atoms with Crippen LogP contribution >= 0.6 is 0 Å². The van der Waals surface area contributed by atoms with Crippen LogP contribution in [0.15, 0.2) is 53.3 Å². The van der Waals surface area contributed by atoms with Crippen LogP contribution in [0, 0.1) is 5.82 Å². The normalized spacial score (nSPS) is 16.0. The smallest absolute Gasteiger partial charge is 0.253 e. The first-order chi connectivity index (χ1) is 15.5. The molecule has 0 aliphatic carbocycles. The number of hydrogen-bond acceptors (Lipinski definition) is 6. The molecule has 1 aliphatic heterocycles. The molecule has 8 nitrogen and oxygen atoms in total. The number of amides is 2. The van der Waals surface area contributed by atoms with Crippen molar-refractivity contribution in [2.75, 3.05) is 19.6 Å². The van der Waals surface area contributed by atoms with Crippen molar-refractivity contribution >= 4 is 11.8 Å². The molecule has 1 aromatic carbocycles. The van der Waals surface area contributed by atoms with E-state index < -0.39 is 5.91 Å². The average Bonchev–Trinajstić information content (AvgIpc) is 3.27. The molecule has 3 aromatic rings. The van der Waals surface area contributed by atoms with Gasteiger partial charge in [0.2, 0.25) is 5.91 Å². The van der Waals surface area contributed by atoms with Gasteiger partial charge in [0, 0.05) is 25.7 Å². The Bertz CT molecular complexity index is 1100. The van der Waals surface area contributed by atoms with Crippen molar-refractivity contribution in [3.63, 3.8) is 0 Å². The number of benzene rings is 1. The maximum absolute atomic E-state index is 13.1. The number of carbonyl (C=O) groups excluding carboxylic acids is 2. The summed E-state index contributed by atoms with van der Waals surface area (Å²) in [7, 11) is 0. The maximum atomic E-state index is 13.1. The predicted octanol–water partition coefficient (Wildman–Crippen LogP) is 2.64. The molecule has 9 heteroatoms. The molecule has 32 heavy (non-hydrogen) atoms. The lowest BCUT2D eigenvalue weighted by atomic mass is 9.98. The number of piperidine rings is 1. The van der Waals surface area contributed by atoms with Gasteiger partial charge in [-0.3, -0.25) is 14.6 Å². The van der Waals surface area contributed by atoms with Crippen molar-refractivity contribution < 1.29 is 23.5 Å². The van der Waals surface area contributed by atoms with Gasteiger partial charge in [-0.25, -0.2) is 9.37 Å². The van der Waals surface area contributed by atoms with Crippen LogP contribution in [-0.2, 0) is 11.2 Å². The third-order valence-corrected chi connectivity index (χ3v) is 5.37. The SMILES string of the molecule is O=C(NCC(=O)N1CCC[C@H](c2ncc(Cc3ccc(F)cc3)o2)C1)c1cncc(O)c1. The summed E-state index contributed by atoms with van der Waals surface area (Å²) in [5, 5.41) is 12.0. The number of aromatic hydroxyl groups is 1. The number of carbonyl (C=O) groups is 2. The van der Waals surface area contributed by atoms with E-state index in [-0.39, 0.29) is 35.5 Å². The van der Waals surface area contributed by atoms with E-state index in [2.05, 4.69) is 15.3 Å². The highest BCUT2D eigenvalue weighted by atomic mass is 19.1. The molecule has 1 fully saturated rings. The van der Waals surface area contributed by atoms with Crippen LogP contribution in [0.1, 0.15) is 46.3 Å². The minimum atomic E-state index is -0.478. The summed E-state index contributed by atoms with van der Waals surface area (Å²) in [5.74, 6) is 0.154. The van der Waals surface area contributed by atoms with E-state index in [1.54, 1.807) is 23.2 Å². The molecule has 4 rings (SSSR count). The van der Waals surface area contributed by atoms with Crippen LogP contribution in [-0.4, -0.2) is 51.4 Å². The van der Waals surface area contributed by atoms with Gasteiger partial charge in [-0.15, -0.1) is 0 Å². The fraction of sp³-hybridized carbons (Fsp3) is 0.304. The third-order valence-electron chi connectivity index (χ3n) is 5.37. The van der Waals surface area contributed by atoms with Crippen molar-refractivity contribution in [2.45, 2.75) is 25.2 Å². The summed E-state index contributed by atoms with van der Waals surface area (Å²) in [6.45, 7) is 0.906. The Morgan fingerprint density at radius 2 is 2.03 bits per heavy atom. The standard InChI is InChI=1S/C23H23FN4O4/c24-18-5-3-15(4-6-18)8-20-12-27-23(32-20)16-2-1-7-28(14-16)21(30)13-26-22(31)17-9-19(29)11-25-10-17/h3-6,9-12,16,29H,1-2,7-8,13-14H2,(H,26,31)/t16-/m0/s1. The molecule has 1 saturated heterocycles. The van der Waals surface area contributed by atoms with Crippen LogP contribution in [0.25, 0.3) is 0 Å². The van der Waals surface area contributed by atoms with Crippen LogP contribution in [0.2, 0.25) is 0 Å². The van der Waals surface area contributed by atoms with Gasteiger partial charge in [-0.1, -0.05) is 12.1 Å². The highest BCUT2D eigenvalue weighted by Gasteiger charge is 2.28. The van der Waals surface area contributed by atoms with Crippen molar-refractivity contribution in [3.05, 3.63) is 77.5 Å². The Balaban J connectivity index is 1.32. The summed E-state index contributed by atoms with van der Waals surface area (Å²) in [5.41, 5.74) is 1.11. The van der Waals surface area contributed by atoms with Crippen LogP contribution in [0.4, 0.5) is 4.39 Å². The predicted molar refractivity (Wildman–Crippen MR) is 112 cm³/mol. The van der Waals surface area contributed by atoms with Gasteiger partial charge in [0.1, 0.15) is 17.3 Å². The Hall–Kier alpha value is -3.75. The van der Waals surface area contributed by atoms with E-state index in [0.717, 1.165) is 18.4 Å². The summed E-state index contributed by atoms with van der Waals surface area (Å²) < 4.78 is 19.0. The van der Waals surface area contributed by atoms with Crippen molar-refractivity contribution in [3.8, 4) is 5.75 Å². The summed E-state index contributed by atoms with van der Waals surface area (Å²) in [4.78, 5) is 34.6. The summed E-state index contributed by atoms with van der Waals surface area (Å²) in [6.07, 6.45) is 6.38. The minimum absolute atomic E-state index is 0.0272. The van der Waals surface area contributed by atoms with Crippen molar-refractivity contribution in [1.82, 2.24) is 20.2 Å².